The molecule has 20 heavy (non-hydrogen) atoms. The number of hydrogen-bond donors (Lipinski definition) is 1. The molecule has 1 aromatic carbocycles. The van der Waals surface area contributed by atoms with Gasteiger partial charge in [-0.1, -0.05) is 43.9 Å². The van der Waals surface area contributed by atoms with Crippen molar-refractivity contribution in [3.8, 4) is 5.75 Å². The van der Waals surface area contributed by atoms with E-state index in [9.17, 15) is 4.79 Å². The number of carbonyl (C=O) groups is 1. The van der Waals surface area contributed by atoms with E-state index in [0.29, 0.717) is 10.8 Å². The number of halogens is 1. The first-order valence-electron chi connectivity index (χ1n) is 7.25. The molecule has 0 radical (unpaired) electrons. The van der Waals surface area contributed by atoms with E-state index >= 15 is 0 Å². The molecule has 1 N–H and O–H groups in total. The van der Waals surface area contributed by atoms with Crippen molar-refractivity contribution in [3.63, 3.8) is 0 Å². The lowest BCUT2D eigenvalue weighted by Gasteiger charge is -2.18. The highest BCUT2D eigenvalue weighted by atomic mass is 35.5. The highest BCUT2D eigenvalue weighted by Crippen LogP contribution is 2.18. The van der Waals surface area contributed by atoms with Crippen molar-refractivity contribution in [2.45, 2.75) is 58.6 Å². The van der Waals surface area contributed by atoms with Crippen molar-refractivity contribution < 1.29 is 9.53 Å². The lowest BCUT2D eigenvalue weighted by Crippen LogP contribution is -2.41. The third kappa shape index (κ3) is 6.29. The predicted octanol–water partition coefficient (Wildman–Crippen LogP) is 4.19. The normalized spacial score (nSPS) is 13.6. The van der Waals surface area contributed by atoms with Gasteiger partial charge in [-0.25, -0.2) is 0 Å². The third-order valence-corrected chi connectivity index (χ3v) is 3.34. The maximum atomic E-state index is 12.0. The van der Waals surface area contributed by atoms with Gasteiger partial charge in [-0.2, -0.15) is 0 Å². The van der Waals surface area contributed by atoms with E-state index in [-0.39, 0.29) is 11.9 Å². The molecule has 0 spiro atoms. The van der Waals surface area contributed by atoms with Crippen LogP contribution in [0.25, 0.3) is 0 Å². The van der Waals surface area contributed by atoms with Gasteiger partial charge < -0.3 is 10.1 Å². The average Bonchev–Trinajstić information content (AvgIpc) is 2.38. The van der Waals surface area contributed by atoms with Crippen molar-refractivity contribution in [1.82, 2.24) is 5.32 Å². The zero-order valence-corrected chi connectivity index (χ0v) is 13.2. The van der Waals surface area contributed by atoms with Crippen LogP contribution >= 0.6 is 11.6 Å². The van der Waals surface area contributed by atoms with Crippen LogP contribution in [0.15, 0.2) is 24.3 Å². The zero-order valence-electron chi connectivity index (χ0n) is 12.5. The Morgan fingerprint density at radius 3 is 2.75 bits per heavy atom. The number of hydrogen-bond acceptors (Lipinski definition) is 2. The van der Waals surface area contributed by atoms with E-state index in [2.05, 4.69) is 12.2 Å². The van der Waals surface area contributed by atoms with Crippen molar-refractivity contribution in [1.29, 1.82) is 0 Å². The number of rotatable bonds is 8. The maximum Gasteiger partial charge on any atom is 0.260 e. The van der Waals surface area contributed by atoms with Crippen LogP contribution in [0.5, 0.6) is 5.75 Å². The summed E-state index contributed by atoms with van der Waals surface area (Å²) in [7, 11) is 0. The number of carbonyl (C=O) groups excluding carboxylic acids is 1. The van der Waals surface area contributed by atoms with Crippen LogP contribution in [0.3, 0.4) is 0 Å². The minimum Gasteiger partial charge on any atom is -0.481 e. The van der Waals surface area contributed by atoms with E-state index in [1.165, 1.54) is 12.8 Å². The van der Waals surface area contributed by atoms with Crippen LogP contribution in [0.1, 0.15) is 46.5 Å². The molecule has 1 amide bonds. The van der Waals surface area contributed by atoms with Crippen molar-refractivity contribution in [3.05, 3.63) is 29.3 Å². The van der Waals surface area contributed by atoms with Crippen LogP contribution in [-0.2, 0) is 4.79 Å². The molecule has 0 bridgehead atoms. The highest BCUT2D eigenvalue weighted by molar-refractivity contribution is 6.30. The SMILES string of the molecule is CCCCC[C@@H](C)NC(=O)[C@@H](C)Oc1cccc(Cl)c1. The molecule has 1 rings (SSSR count). The van der Waals surface area contributed by atoms with Gasteiger partial charge in [-0.05, 0) is 38.5 Å². The zero-order chi connectivity index (χ0) is 15.0. The molecule has 0 aliphatic rings. The number of amides is 1. The Hall–Kier alpha value is -1.22. The molecule has 0 aliphatic carbocycles. The Bertz CT molecular complexity index is 423. The molecule has 0 fully saturated rings. The van der Waals surface area contributed by atoms with Gasteiger partial charge in [0, 0.05) is 11.1 Å². The summed E-state index contributed by atoms with van der Waals surface area (Å²) in [6.45, 7) is 5.94. The molecule has 2 atom stereocenters. The fraction of sp³-hybridized carbons (Fsp3) is 0.562. The smallest absolute Gasteiger partial charge is 0.260 e. The third-order valence-electron chi connectivity index (χ3n) is 3.11. The molecule has 3 nitrogen and oxygen atoms in total. The van der Waals surface area contributed by atoms with Gasteiger partial charge in [0.25, 0.3) is 5.91 Å². The van der Waals surface area contributed by atoms with Crippen LogP contribution in [0, 0.1) is 0 Å². The van der Waals surface area contributed by atoms with Gasteiger partial charge in [-0.15, -0.1) is 0 Å². The van der Waals surface area contributed by atoms with Gasteiger partial charge in [0.1, 0.15) is 5.75 Å². The van der Waals surface area contributed by atoms with Crippen LogP contribution in [0.2, 0.25) is 5.02 Å². The lowest BCUT2D eigenvalue weighted by molar-refractivity contribution is -0.127. The summed E-state index contributed by atoms with van der Waals surface area (Å²) in [5, 5.41) is 3.58. The van der Waals surface area contributed by atoms with Gasteiger partial charge in [-0.3, -0.25) is 4.79 Å². The maximum absolute atomic E-state index is 12.0. The summed E-state index contributed by atoms with van der Waals surface area (Å²) >= 11 is 5.88. The van der Waals surface area contributed by atoms with Crippen LogP contribution in [-0.4, -0.2) is 18.1 Å². The number of unbranched alkanes of at least 4 members (excludes halogenated alkanes) is 2. The number of ether oxygens (including phenoxy) is 1. The molecule has 1 aromatic rings. The monoisotopic (exact) mass is 297 g/mol. The van der Waals surface area contributed by atoms with Gasteiger partial charge >= 0.3 is 0 Å². The summed E-state index contributed by atoms with van der Waals surface area (Å²) in [5.41, 5.74) is 0. The quantitative estimate of drug-likeness (QED) is 0.731. The minimum absolute atomic E-state index is 0.0889. The van der Waals surface area contributed by atoms with Gasteiger partial charge in [0.2, 0.25) is 0 Å². The molecule has 112 valence electrons. The predicted molar refractivity (Wildman–Crippen MR) is 83.3 cm³/mol. The largest absolute Gasteiger partial charge is 0.481 e. The summed E-state index contributed by atoms with van der Waals surface area (Å²) < 4.78 is 5.59. The van der Waals surface area contributed by atoms with Crippen LogP contribution < -0.4 is 10.1 Å². The summed E-state index contributed by atoms with van der Waals surface area (Å²) in [4.78, 5) is 12.0. The first-order chi connectivity index (χ1) is 9.52. The van der Waals surface area contributed by atoms with Crippen molar-refractivity contribution in [2.24, 2.45) is 0 Å². The topological polar surface area (TPSA) is 38.3 Å². The Morgan fingerprint density at radius 1 is 1.35 bits per heavy atom. The molecule has 0 aliphatic heterocycles. The minimum atomic E-state index is -0.526. The standard InChI is InChI=1S/C16H24ClNO2/c1-4-5-6-8-12(2)18-16(19)13(3)20-15-10-7-9-14(17)11-15/h7,9-13H,4-6,8H2,1-3H3,(H,18,19)/t12-,13-/m1/s1. The summed E-state index contributed by atoms with van der Waals surface area (Å²) in [6, 6.07) is 7.25. The second kappa shape index (κ2) is 8.85. The first kappa shape index (κ1) is 16.8. The fourth-order valence-corrected chi connectivity index (χ4v) is 2.11. The fourth-order valence-electron chi connectivity index (χ4n) is 1.93. The molecule has 0 saturated carbocycles. The molecule has 0 saturated heterocycles. The number of benzene rings is 1. The highest BCUT2D eigenvalue weighted by Gasteiger charge is 2.16. The van der Waals surface area contributed by atoms with E-state index in [1.807, 2.05) is 6.92 Å². The number of nitrogens with one attached hydrogen (secondary N) is 1. The average molecular weight is 298 g/mol. The Kier molecular flexibility index (Phi) is 7.45. The molecular formula is C16H24ClNO2. The Labute approximate surface area is 126 Å². The van der Waals surface area contributed by atoms with Crippen molar-refractivity contribution >= 4 is 17.5 Å². The van der Waals surface area contributed by atoms with E-state index < -0.39 is 6.10 Å². The molecular weight excluding hydrogens is 274 g/mol. The second-order valence-electron chi connectivity index (χ2n) is 5.12. The molecule has 0 heterocycles. The summed E-state index contributed by atoms with van der Waals surface area (Å²) in [6.07, 6.45) is 4.01. The lowest BCUT2D eigenvalue weighted by atomic mass is 10.1. The molecule has 4 heteroatoms. The first-order valence-corrected chi connectivity index (χ1v) is 7.63. The van der Waals surface area contributed by atoms with Gasteiger partial charge in [0.05, 0.1) is 0 Å². The van der Waals surface area contributed by atoms with E-state index in [4.69, 9.17) is 16.3 Å². The Morgan fingerprint density at radius 2 is 2.10 bits per heavy atom. The second-order valence-corrected chi connectivity index (χ2v) is 5.56. The Balaban J connectivity index is 2.39. The van der Waals surface area contributed by atoms with E-state index in [0.717, 1.165) is 12.8 Å². The molecule has 0 unspecified atom stereocenters. The molecule has 0 aromatic heterocycles. The van der Waals surface area contributed by atoms with E-state index in [1.54, 1.807) is 31.2 Å². The van der Waals surface area contributed by atoms with Gasteiger partial charge in [0.15, 0.2) is 6.10 Å². The van der Waals surface area contributed by atoms with Crippen molar-refractivity contribution in [2.75, 3.05) is 0 Å². The summed E-state index contributed by atoms with van der Waals surface area (Å²) in [5.74, 6) is 0.521. The van der Waals surface area contributed by atoms with Crippen LogP contribution in [0.4, 0.5) is 0 Å².